The van der Waals surface area contributed by atoms with Gasteiger partial charge in [-0.05, 0) is 23.8 Å². The van der Waals surface area contributed by atoms with Crippen LogP contribution in [0.15, 0.2) is 33.6 Å². The highest BCUT2D eigenvalue weighted by molar-refractivity contribution is 9.10. The van der Waals surface area contributed by atoms with Crippen LogP contribution in [-0.2, 0) is 13.2 Å². The number of hydrogen-bond donors (Lipinski definition) is 1. The van der Waals surface area contributed by atoms with Crippen LogP contribution < -0.4 is 10.1 Å². The highest BCUT2D eigenvalue weighted by Gasteiger charge is 2.04. The lowest BCUT2D eigenvalue weighted by atomic mass is 10.2. The Balaban J connectivity index is 1.99. The third-order valence-electron chi connectivity index (χ3n) is 2.59. The highest BCUT2D eigenvalue weighted by atomic mass is 79.9. The number of aromatic nitrogens is 1. The number of nitrogens with zero attached hydrogens (tertiary/aromatic N) is 1. The van der Waals surface area contributed by atoms with Crippen LogP contribution >= 0.6 is 27.3 Å². The van der Waals surface area contributed by atoms with Gasteiger partial charge in [-0.15, -0.1) is 11.3 Å². The van der Waals surface area contributed by atoms with Crippen molar-refractivity contribution in [2.75, 3.05) is 0 Å². The van der Waals surface area contributed by atoms with Gasteiger partial charge < -0.3 is 10.1 Å². The van der Waals surface area contributed by atoms with Crippen LogP contribution in [-0.4, -0.2) is 11.0 Å². The van der Waals surface area contributed by atoms with Gasteiger partial charge in [0.25, 0.3) is 0 Å². The van der Waals surface area contributed by atoms with Crippen LogP contribution in [0.4, 0.5) is 0 Å². The Hall–Kier alpha value is -0.910. The minimum Gasteiger partial charge on any atom is -0.487 e. The molecule has 2 aromatic rings. The van der Waals surface area contributed by atoms with Crippen LogP contribution in [0.3, 0.4) is 0 Å². The van der Waals surface area contributed by atoms with Crippen molar-refractivity contribution in [2.24, 2.45) is 0 Å². The molecule has 1 heterocycles. The molecular formula is C14H17BrN2OS. The van der Waals surface area contributed by atoms with E-state index >= 15 is 0 Å². The fraction of sp³-hybridized carbons (Fsp3) is 0.357. The van der Waals surface area contributed by atoms with Crippen LogP contribution in [0.25, 0.3) is 0 Å². The van der Waals surface area contributed by atoms with Gasteiger partial charge >= 0.3 is 0 Å². The molecule has 0 unspecified atom stereocenters. The first-order valence-electron chi connectivity index (χ1n) is 6.17. The van der Waals surface area contributed by atoms with Gasteiger partial charge in [0.1, 0.15) is 12.4 Å². The summed E-state index contributed by atoms with van der Waals surface area (Å²) in [7, 11) is 0. The molecule has 0 bridgehead atoms. The zero-order chi connectivity index (χ0) is 13.7. The molecule has 2 rings (SSSR count). The molecule has 0 aliphatic heterocycles. The third-order valence-corrected chi connectivity index (χ3v) is 4.00. The lowest BCUT2D eigenvalue weighted by Crippen LogP contribution is -2.22. The van der Waals surface area contributed by atoms with Gasteiger partial charge in [-0.2, -0.15) is 0 Å². The Labute approximate surface area is 126 Å². The number of benzene rings is 1. The largest absolute Gasteiger partial charge is 0.487 e. The van der Waals surface area contributed by atoms with Crippen molar-refractivity contribution in [1.82, 2.24) is 10.3 Å². The maximum absolute atomic E-state index is 5.75. The van der Waals surface area contributed by atoms with E-state index in [-0.39, 0.29) is 0 Å². The molecule has 1 aromatic carbocycles. The van der Waals surface area contributed by atoms with Gasteiger partial charge in [0.05, 0.1) is 11.2 Å². The maximum atomic E-state index is 5.75. The van der Waals surface area contributed by atoms with Gasteiger partial charge in [-0.1, -0.05) is 29.8 Å². The molecule has 0 aliphatic rings. The molecule has 3 nitrogen and oxygen atoms in total. The Kier molecular flexibility index (Phi) is 5.36. The first-order valence-corrected chi connectivity index (χ1v) is 7.90. The fourth-order valence-electron chi connectivity index (χ4n) is 1.56. The summed E-state index contributed by atoms with van der Waals surface area (Å²) in [6.07, 6.45) is 0. The number of halogens is 1. The minimum atomic E-state index is 0.464. The Morgan fingerprint density at radius 1 is 1.42 bits per heavy atom. The third kappa shape index (κ3) is 4.60. The highest BCUT2D eigenvalue weighted by Crippen LogP contribution is 2.23. The predicted molar refractivity (Wildman–Crippen MR) is 82.6 cm³/mol. The second-order valence-electron chi connectivity index (χ2n) is 4.56. The van der Waals surface area contributed by atoms with Crippen LogP contribution in [0.1, 0.15) is 25.1 Å². The van der Waals surface area contributed by atoms with E-state index < -0.39 is 0 Å². The Morgan fingerprint density at radius 2 is 2.26 bits per heavy atom. The summed E-state index contributed by atoms with van der Waals surface area (Å²) in [6.45, 7) is 5.61. The second-order valence-corrected chi connectivity index (χ2v) is 6.13. The molecule has 0 fully saturated rings. The van der Waals surface area contributed by atoms with E-state index in [4.69, 9.17) is 4.74 Å². The van der Waals surface area contributed by atoms with Crippen LogP contribution in [0.5, 0.6) is 5.75 Å². The summed E-state index contributed by atoms with van der Waals surface area (Å²) in [5, 5.41) is 5.40. The predicted octanol–water partition coefficient (Wildman–Crippen LogP) is 3.98. The summed E-state index contributed by atoms with van der Waals surface area (Å²) < 4.78 is 6.85. The molecule has 0 radical (unpaired) electrons. The summed E-state index contributed by atoms with van der Waals surface area (Å²) in [4.78, 5) is 4.20. The number of ether oxygens (including phenoxy) is 1. The SMILES string of the molecule is CC(C)NCc1cc(OCc2cscn2)ccc1Br. The topological polar surface area (TPSA) is 34.1 Å². The first kappa shape index (κ1) is 14.5. The molecule has 0 spiro atoms. The standard InChI is InChI=1S/C14H17BrN2OS/c1-10(2)16-6-11-5-13(3-4-14(11)15)18-7-12-8-19-9-17-12/h3-5,8-10,16H,6-7H2,1-2H3. The number of hydrogen-bond acceptors (Lipinski definition) is 4. The fourth-order valence-corrected chi connectivity index (χ4v) is 2.49. The summed E-state index contributed by atoms with van der Waals surface area (Å²) in [5.74, 6) is 0.872. The van der Waals surface area contributed by atoms with E-state index in [1.165, 1.54) is 5.56 Å². The molecule has 0 amide bonds. The molecule has 0 aliphatic carbocycles. The Bertz CT molecular complexity index is 514. The lowest BCUT2D eigenvalue weighted by molar-refractivity contribution is 0.301. The van der Waals surface area contributed by atoms with Crippen molar-refractivity contribution < 1.29 is 4.74 Å². The molecule has 102 valence electrons. The normalized spacial score (nSPS) is 10.9. The second kappa shape index (κ2) is 7.03. The van der Waals surface area contributed by atoms with Gasteiger partial charge in [-0.3, -0.25) is 0 Å². The zero-order valence-corrected chi connectivity index (χ0v) is 13.4. The number of rotatable bonds is 6. The monoisotopic (exact) mass is 340 g/mol. The number of thiazole rings is 1. The van der Waals surface area contributed by atoms with E-state index in [2.05, 4.69) is 46.1 Å². The van der Waals surface area contributed by atoms with Gasteiger partial charge in [0.2, 0.25) is 0 Å². The average molecular weight is 341 g/mol. The van der Waals surface area contributed by atoms with Gasteiger partial charge in [-0.25, -0.2) is 4.98 Å². The van der Waals surface area contributed by atoms with Crippen molar-refractivity contribution >= 4 is 27.3 Å². The quantitative estimate of drug-likeness (QED) is 0.863. The van der Waals surface area contributed by atoms with Gasteiger partial charge in [0.15, 0.2) is 0 Å². The number of nitrogens with one attached hydrogen (secondary N) is 1. The van der Waals surface area contributed by atoms with E-state index in [0.717, 1.165) is 22.5 Å². The Morgan fingerprint density at radius 3 is 2.95 bits per heavy atom. The van der Waals surface area contributed by atoms with E-state index in [0.29, 0.717) is 12.6 Å². The zero-order valence-electron chi connectivity index (χ0n) is 11.0. The maximum Gasteiger partial charge on any atom is 0.131 e. The minimum absolute atomic E-state index is 0.464. The summed E-state index contributed by atoms with van der Waals surface area (Å²) >= 11 is 5.15. The molecule has 0 atom stereocenters. The summed E-state index contributed by atoms with van der Waals surface area (Å²) in [6, 6.07) is 6.51. The van der Waals surface area contributed by atoms with Crippen molar-refractivity contribution in [2.45, 2.75) is 33.0 Å². The molecule has 0 saturated carbocycles. The molecule has 1 aromatic heterocycles. The summed E-state index contributed by atoms with van der Waals surface area (Å²) in [5.41, 5.74) is 3.98. The molecular weight excluding hydrogens is 324 g/mol. The van der Waals surface area contributed by atoms with Crippen molar-refractivity contribution in [3.8, 4) is 5.75 Å². The van der Waals surface area contributed by atoms with Crippen molar-refractivity contribution in [1.29, 1.82) is 0 Å². The van der Waals surface area contributed by atoms with E-state index in [9.17, 15) is 0 Å². The molecule has 19 heavy (non-hydrogen) atoms. The molecule has 0 saturated heterocycles. The smallest absolute Gasteiger partial charge is 0.131 e. The lowest BCUT2D eigenvalue weighted by Gasteiger charge is -2.12. The van der Waals surface area contributed by atoms with Crippen molar-refractivity contribution in [3.63, 3.8) is 0 Å². The van der Waals surface area contributed by atoms with Crippen molar-refractivity contribution in [3.05, 3.63) is 44.8 Å². The molecule has 1 N–H and O–H groups in total. The van der Waals surface area contributed by atoms with Crippen LogP contribution in [0.2, 0.25) is 0 Å². The average Bonchev–Trinajstić information content (AvgIpc) is 2.89. The van der Waals surface area contributed by atoms with Crippen LogP contribution in [0, 0.1) is 0 Å². The van der Waals surface area contributed by atoms with E-state index in [1.807, 2.05) is 23.0 Å². The van der Waals surface area contributed by atoms with E-state index in [1.54, 1.807) is 11.3 Å². The first-order chi connectivity index (χ1) is 9.15. The molecule has 5 heteroatoms. The van der Waals surface area contributed by atoms with Gasteiger partial charge in [0, 0.05) is 22.4 Å².